The Morgan fingerprint density at radius 2 is 1.96 bits per heavy atom. The molecule has 5 nitrogen and oxygen atoms in total. The Hall–Kier alpha value is -2.38. The van der Waals surface area contributed by atoms with Crippen LogP contribution < -0.4 is 11.1 Å². The van der Waals surface area contributed by atoms with Crippen LogP contribution in [0.1, 0.15) is 10.6 Å². The van der Waals surface area contributed by atoms with Gasteiger partial charge < -0.3 is 11.1 Å². The molecule has 128 valence electrons. The first kappa shape index (κ1) is 17.4. The summed E-state index contributed by atoms with van der Waals surface area (Å²) < 4.78 is 0.766. The second kappa shape index (κ2) is 7.67. The molecule has 2 aromatic carbocycles. The van der Waals surface area contributed by atoms with Crippen LogP contribution >= 0.6 is 23.1 Å². The number of aromatic nitrogens is 1. The third kappa shape index (κ3) is 4.37. The average Bonchev–Trinajstić information content (AvgIpc) is 2.92. The average molecular weight is 371 g/mol. The highest BCUT2D eigenvalue weighted by Crippen LogP contribution is 2.28. The topological polar surface area (TPSA) is 85.1 Å². The summed E-state index contributed by atoms with van der Waals surface area (Å²) in [6.07, 6.45) is 0.187. The summed E-state index contributed by atoms with van der Waals surface area (Å²) in [6.45, 7) is 1.84. The summed E-state index contributed by atoms with van der Waals surface area (Å²) in [7, 11) is 0. The first-order valence-electron chi connectivity index (χ1n) is 7.68. The first-order chi connectivity index (χ1) is 12.0. The number of fused-ring (bicyclic) bond motifs is 1. The van der Waals surface area contributed by atoms with Crippen molar-refractivity contribution in [3.8, 4) is 0 Å². The van der Waals surface area contributed by atoms with Crippen molar-refractivity contribution in [3.05, 3.63) is 53.0 Å². The molecule has 2 amide bonds. The van der Waals surface area contributed by atoms with E-state index >= 15 is 0 Å². The van der Waals surface area contributed by atoms with Crippen LogP contribution in [-0.2, 0) is 16.0 Å². The maximum atomic E-state index is 12.3. The number of amides is 2. The van der Waals surface area contributed by atoms with E-state index in [9.17, 15) is 9.59 Å². The SMILES string of the molecule is Cc1nc(SCC(=O)Nc2cccc3ccccc23)sc1CC(N)=O. The van der Waals surface area contributed by atoms with Crippen LogP contribution in [0.25, 0.3) is 10.8 Å². The number of hydrogen-bond donors (Lipinski definition) is 2. The van der Waals surface area contributed by atoms with E-state index in [0.29, 0.717) is 0 Å². The second-order valence-corrected chi connectivity index (χ2v) is 7.80. The highest BCUT2D eigenvalue weighted by molar-refractivity contribution is 8.01. The van der Waals surface area contributed by atoms with Crippen molar-refractivity contribution in [1.29, 1.82) is 0 Å². The van der Waals surface area contributed by atoms with E-state index in [1.165, 1.54) is 23.1 Å². The van der Waals surface area contributed by atoms with Crippen LogP contribution in [0.4, 0.5) is 5.69 Å². The molecule has 1 heterocycles. The molecule has 0 radical (unpaired) electrons. The van der Waals surface area contributed by atoms with E-state index in [1.807, 2.05) is 49.4 Å². The lowest BCUT2D eigenvalue weighted by molar-refractivity contribution is -0.117. The summed E-state index contributed by atoms with van der Waals surface area (Å²) in [6, 6.07) is 13.7. The minimum atomic E-state index is -0.378. The maximum Gasteiger partial charge on any atom is 0.234 e. The van der Waals surface area contributed by atoms with Crippen LogP contribution in [0.3, 0.4) is 0 Å². The van der Waals surface area contributed by atoms with Crippen LogP contribution in [0.5, 0.6) is 0 Å². The van der Waals surface area contributed by atoms with E-state index in [2.05, 4.69) is 10.3 Å². The molecule has 0 unspecified atom stereocenters. The number of primary amides is 1. The molecular formula is C18H17N3O2S2. The zero-order chi connectivity index (χ0) is 17.8. The first-order valence-corrected chi connectivity index (χ1v) is 9.48. The van der Waals surface area contributed by atoms with Gasteiger partial charge in [0.25, 0.3) is 0 Å². The van der Waals surface area contributed by atoms with Crippen molar-refractivity contribution in [2.45, 2.75) is 17.7 Å². The lowest BCUT2D eigenvalue weighted by atomic mass is 10.1. The minimum absolute atomic E-state index is 0.0920. The summed E-state index contributed by atoms with van der Waals surface area (Å²) in [5.41, 5.74) is 6.82. The molecule has 0 saturated heterocycles. The number of nitrogens with zero attached hydrogens (tertiary/aromatic N) is 1. The predicted octanol–water partition coefficient (Wildman–Crippen LogP) is 3.36. The third-order valence-electron chi connectivity index (χ3n) is 3.60. The molecule has 3 aromatic rings. The molecule has 0 aliphatic heterocycles. The highest BCUT2D eigenvalue weighted by Gasteiger charge is 2.12. The third-order valence-corrected chi connectivity index (χ3v) is 5.90. The van der Waals surface area contributed by atoms with Gasteiger partial charge in [-0.2, -0.15) is 0 Å². The highest BCUT2D eigenvalue weighted by atomic mass is 32.2. The standard InChI is InChI=1S/C18H17N3O2S2/c1-11-15(9-16(19)22)25-18(20-11)24-10-17(23)21-14-8-4-6-12-5-2-3-7-13(12)14/h2-8H,9-10H2,1H3,(H2,19,22)(H,21,23). The monoisotopic (exact) mass is 371 g/mol. The predicted molar refractivity (Wildman–Crippen MR) is 103 cm³/mol. The van der Waals surface area contributed by atoms with Crippen molar-refractivity contribution in [3.63, 3.8) is 0 Å². The maximum absolute atomic E-state index is 12.3. The summed E-state index contributed by atoms with van der Waals surface area (Å²) in [5, 5.41) is 5.05. The van der Waals surface area contributed by atoms with Gasteiger partial charge in [-0.15, -0.1) is 11.3 Å². The van der Waals surface area contributed by atoms with Crippen molar-refractivity contribution < 1.29 is 9.59 Å². The largest absolute Gasteiger partial charge is 0.369 e. The Balaban J connectivity index is 1.64. The van der Waals surface area contributed by atoms with Crippen molar-refractivity contribution in [2.75, 3.05) is 11.1 Å². The number of anilines is 1. The minimum Gasteiger partial charge on any atom is -0.369 e. The van der Waals surface area contributed by atoms with Crippen molar-refractivity contribution >= 4 is 51.4 Å². The molecular weight excluding hydrogens is 354 g/mol. The van der Waals surface area contributed by atoms with E-state index in [0.717, 1.165) is 31.4 Å². The molecule has 0 aliphatic carbocycles. The Bertz CT molecular complexity index is 932. The number of carbonyl (C=O) groups is 2. The number of hydrogen-bond acceptors (Lipinski definition) is 5. The van der Waals surface area contributed by atoms with E-state index in [4.69, 9.17) is 5.73 Å². The number of nitrogens with two attached hydrogens (primary N) is 1. The van der Waals surface area contributed by atoms with Gasteiger partial charge >= 0.3 is 0 Å². The number of thioether (sulfide) groups is 1. The van der Waals surface area contributed by atoms with Crippen molar-refractivity contribution in [1.82, 2.24) is 4.98 Å². The summed E-state index contributed by atoms with van der Waals surface area (Å²) >= 11 is 2.77. The van der Waals surface area contributed by atoms with Crippen LogP contribution in [0.2, 0.25) is 0 Å². The molecule has 7 heteroatoms. The number of aryl methyl sites for hydroxylation is 1. The number of benzene rings is 2. The molecule has 0 saturated carbocycles. The molecule has 25 heavy (non-hydrogen) atoms. The Labute approximate surface area is 153 Å². The fourth-order valence-electron chi connectivity index (χ4n) is 2.43. The molecule has 3 N–H and O–H groups in total. The summed E-state index contributed by atoms with van der Waals surface area (Å²) in [4.78, 5) is 28.5. The van der Waals surface area contributed by atoms with Gasteiger partial charge in [-0.05, 0) is 18.4 Å². The quantitative estimate of drug-likeness (QED) is 0.651. The van der Waals surface area contributed by atoms with Crippen molar-refractivity contribution in [2.24, 2.45) is 5.73 Å². The van der Waals surface area contributed by atoms with E-state index in [-0.39, 0.29) is 24.0 Å². The normalized spacial score (nSPS) is 10.8. The second-order valence-electron chi connectivity index (χ2n) is 5.50. The zero-order valence-electron chi connectivity index (χ0n) is 13.6. The Morgan fingerprint density at radius 3 is 2.76 bits per heavy atom. The fraction of sp³-hybridized carbons (Fsp3) is 0.167. The molecule has 1 aromatic heterocycles. The van der Waals surface area contributed by atoms with Gasteiger partial charge in [-0.3, -0.25) is 9.59 Å². The number of nitrogens with one attached hydrogen (secondary N) is 1. The summed E-state index contributed by atoms with van der Waals surface area (Å²) in [5.74, 6) is -0.214. The lowest BCUT2D eigenvalue weighted by Crippen LogP contribution is -2.14. The van der Waals surface area contributed by atoms with Gasteiger partial charge in [-0.1, -0.05) is 48.2 Å². The lowest BCUT2D eigenvalue weighted by Gasteiger charge is -2.08. The van der Waals surface area contributed by atoms with E-state index in [1.54, 1.807) is 0 Å². The molecule has 0 spiro atoms. The number of rotatable bonds is 6. The van der Waals surface area contributed by atoms with Gasteiger partial charge in [0.1, 0.15) is 0 Å². The number of thiazole rings is 1. The fourth-order valence-corrected chi connectivity index (χ4v) is 4.48. The van der Waals surface area contributed by atoms with E-state index < -0.39 is 0 Å². The van der Waals surface area contributed by atoms with Crippen LogP contribution in [-0.4, -0.2) is 22.6 Å². The van der Waals surface area contributed by atoms with Crippen LogP contribution in [0, 0.1) is 6.92 Å². The zero-order valence-corrected chi connectivity index (χ0v) is 15.2. The van der Waals surface area contributed by atoms with Gasteiger partial charge in [0, 0.05) is 16.0 Å². The molecule has 0 aliphatic rings. The Kier molecular flexibility index (Phi) is 5.35. The van der Waals surface area contributed by atoms with Gasteiger partial charge in [0.05, 0.1) is 17.9 Å². The van der Waals surface area contributed by atoms with Gasteiger partial charge in [0.2, 0.25) is 11.8 Å². The molecule has 0 bridgehead atoms. The molecule has 3 rings (SSSR count). The molecule has 0 atom stereocenters. The number of carbonyl (C=O) groups excluding carboxylic acids is 2. The van der Waals surface area contributed by atoms with Gasteiger partial charge in [-0.25, -0.2) is 4.98 Å². The molecule has 0 fully saturated rings. The van der Waals surface area contributed by atoms with Crippen LogP contribution in [0.15, 0.2) is 46.8 Å². The Morgan fingerprint density at radius 1 is 1.20 bits per heavy atom. The van der Waals surface area contributed by atoms with Gasteiger partial charge in [0.15, 0.2) is 4.34 Å². The smallest absolute Gasteiger partial charge is 0.234 e.